The first kappa shape index (κ1) is 21.5. The molecule has 1 saturated heterocycles. The summed E-state index contributed by atoms with van der Waals surface area (Å²) in [5, 5.41) is 11.3. The molecule has 2 atom stereocenters. The van der Waals surface area contributed by atoms with E-state index in [2.05, 4.69) is 15.7 Å². The van der Waals surface area contributed by atoms with Gasteiger partial charge in [0.25, 0.3) is 5.91 Å². The van der Waals surface area contributed by atoms with Gasteiger partial charge in [-0.25, -0.2) is 0 Å². The van der Waals surface area contributed by atoms with Gasteiger partial charge in [0.1, 0.15) is 17.5 Å². The van der Waals surface area contributed by atoms with Gasteiger partial charge < -0.3 is 15.4 Å². The summed E-state index contributed by atoms with van der Waals surface area (Å²) in [4.78, 5) is 12.4. The van der Waals surface area contributed by atoms with Crippen molar-refractivity contribution in [2.75, 3.05) is 19.6 Å². The number of nitrogens with one attached hydrogen (secondary N) is 2. The monoisotopic (exact) mass is 412 g/mol. The number of para-hydroxylation sites is 1. The van der Waals surface area contributed by atoms with Crippen LogP contribution in [0.15, 0.2) is 36.5 Å². The lowest BCUT2D eigenvalue weighted by molar-refractivity contribution is 0.0919. The Hall–Kier alpha value is -1.76. The van der Waals surface area contributed by atoms with Gasteiger partial charge in [-0.3, -0.25) is 9.48 Å². The quantitative estimate of drug-likeness (QED) is 0.730. The summed E-state index contributed by atoms with van der Waals surface area (Å²) in [6.07, 6.45) is 4.70. The number of hydrogen-bond acceptors (Lipinski definition) is 4. The Morgan fingerprint density at radius 3 is 2.96 bits per heavy atom. The topological polar surface area (TPSA) is 68.2 Å². The van der Waals surface area contributed by atoms with Crippen molar-refractivity contribution in [3.05, 3.63) is 47.2 Å². The van der Waals surface area contributed by atoms with E-state index in [1.807, 2.05) is 36.0 Å². The second-order valence-corrected chi connectivity index (χ2v) is 6.88. The lowest BCUT2D eigenvalue weighted by atomic mass is 10.1. The zero-order valence-corrected chi connectivity index (χ0v) is 16.9. The van der Waals surface area contributed by atoms with Gasteiger partial charge in [-0.15, -0.1) is 12.4 Å². The van der Waals surface area contributed by atoms with Crippen molar-refractivity contribution in [2.24, 2.45) is 0 Å². The van der Waals surface area contributed by atoms with Gasteiger partial charge in [0, 0.05) is 12.7 Å². The highest BCUT2D eigenvalue weighted by Crippen LogP contribution is 2.24. The summed E-state index contributed by atoms with van der Waals surface area (Å²) in [7, 11) is 0. The van der Waals surface area contributed by atoms with Gasteiger partial charge in [0.05, 0.1) is 17.6 Å². The van der Waals surface area contributed by atoms with E-state index in [9.17, 15) is 4.79 Å². The average Bonchev–Trinajstić information content (AvgIpc) is 3.17. The normalized spacial score (nSPS) is 17.6. The molecule has 1 aromatic carbocycles. The summed E-state index contributed by atoms with van der Waals surface area (Å²) < 4.78 is 7.79. The fourth-order valence-electron chi connectivity index (χ4n) is 3.01. The number of carbonyl (C=O) groups is 1. The predicted molar refractivity (Wildman–Crippen MR) is 109 cm³/mol. The molecule has 0 radical (unpaired) electrons. The number of nitrogens with zero attached hydrogens (tertiary/aromatic N) is 2. The van der Waals surface area contributed by atoms with Crippen LogP contribution in [-0.2, 0) is 0 Å². The van der Waals surface area contributed by atoms with Crippen molar-refractivity contribution < 1.29 is 9.53 Å². The SMILES string of the molecule is CCC(CNC(=O)c1ccn(C2CCCNC2)n1)Oc1ccccc1Cl.Cl. The zero-order valence-electron chi connectivity index (χ0n) is 15.4. The molecule has 0 spiro atoms. The molecule has 1 aliphatic heterocycles. The van der Waals surface area contributed by atoms with Crippen LogP contribution in [0.1, 0.15) is 42.7 Å². The van der Waals surface area contributed by atoms with Crippen LogP contribution in [0.25, 0.3) is 0 Å². The molecule has 2 heterocycles. The Balaban J connectivity index is 0.00000261. The Bertz CT molecular complexity index is 732. The van der Waals surface area contributed by atoms with Gasteiger partial charge in [-0.05, 0) is 44.0 Å². The van der Waals surface area contributed by atoms with Gasteiger partial charge in [0.15, 0.2) is 0 Å². The Labute approximate surface area is 171 Å². The summed E-state index contributed by atoms with van der Waals surface area (Å²) in [6, 6.07) is 9.42. The first-order valence-corrected chi connectivity index (χ1v) is 9.50. The molecule has 148 valence electrons. The smallest absolute Gasteiger partial charge is 0.271 e. The molecular formula is C19H26Cl2N4O2. The van der Waals surface area contributed by atoms with E-state index in [-0.39, 0.29) is 24.4 Å². The largest absolute Gasteiger partial charge is 0.487 e. The highest BCUT2D eigenvalue weighted by atomic mass is 35.5. The molecule has 1 fully saturated rings. The first-order valence-electron chi connectivity index (χ1n) is 9.12. The van der Waals surface area contributed by atoms with Gasteiger partial charge in [-0.2, -0.15) is 5.10 Å². The number of hydrogen-bond donors (Lipinski definition) is 2. The molecule has 27 heavy (non-hydrogen) atoms. The van der Waals surface area contributed by atoms with Crippen molar-refractivity contribution in [2.45, 2.75) is 38.3 Å². The molecule has 8 heteroatoms. The van der Waals surface area contributed by atoms with Crippen LogP contribution in [-0.4, -0.2) is 41.4 Å². The van der Waals surface area contributed by atoms with Crippen LogP contribution in [0.3, 0.4) is 0 Å². The predicted octanol–water partition coefficient (Wildman–Crippen LogP) is 3.47. The zero-order chi connectivity index (χ0) is 18.4. The minimum Gasteiger partial charge on any atom is -0.487 e. The molecule has 1 aliphatic rings. The highest BCUT2D eigenvalue weighted by molar-refractivity contribution is 6.32. The Morgan fingerprint density at radius 2 is 2.26 bits per heavy atom. The number of ether oxygens (including phenoxy) is 1. The van der Waals surface area contributed by atoms with Crippen LogP contribution < -0.4 is 15.4 Å². The van der Waals surface area contributed by atoms with Gasteiger partial charge >= 0.3 is 0 Å². The number of aromatic nitrogens is 2. The van der Waals surface area contributed by atoms with E-state index in [4.69, 9.17) is 16.3 Å². The molecule has 2 unspecified atom stereocenters. The molecule has 3 rings (SSSR count). The molecule has 1 aromatic heterocycles. The third-order valence-electron chi connectivity index (χ3n) is 4.56. The second-order valence-electron chi connectivity index (χ2n) is 6.47. The van der Waals surface area contributed by atoms with Crippen molar-refractivity contribution in [1.82, 2.24) is 20.4 Å². The third kappa shape index (κ3) is 5.86. The number of halogens is 2. The first-order chi connectivity index (χ1) is 12.7. The van der Waals surface area contributed by atoms with E-state index < -0.39 is 0 Å². The van der Waals surface area contributed by atoms with Crippen LogP contribution >= 0.6 is 24.0 Å². The van der Waals surface area contributed by atoms with E-state index >= 15 is 0 Å². The average molecular weight is 413 g/mol. The Kier molecular flexibility index (Phi) is 8.41. The second kappa shape index (κ2) is 10.5. The number of carbonyl (C=O) groups excluding carboxylic acids is 1. The number of benzene rings is 1. The maximum Gasteiger partial charge on any atom is 0.271 e. The van der Waals surface area contributed by atoms with Crippen LogP contribution in [0, 0.1) is 0 Å². The summed E-state index contributed by atoms with van der Waals surface area (Å²) in [5.41, 5.74) is 0.433. The van der Waals surface area contributed by atoms with Crippen LogP contribution in [0.2, 0.25) is 5.02 Å². The lowest BCUT2D eigenvalue weighted by Crippen LogP contribution is -2.35. The molecule has 2 N–H and O–H groups in total. The Morgan fingerprint density at radius 1 is 1.44 bits per heavy atom. The molecule has 0 aliphatic carbocycles. The van der Waals surface area contributed by atoms with Crippen LogP contribution in [0.4, 0.5) is 0 Å². The maximum absolute atomic E-state index is 12.4. The molecule has 6 nitrogen and oxygen atoms in total. The highest BCUT2D eigenvalue weighted by Gasteiger charge is 2.18. The summed E-state index contributed by atoms with van der Waals surface area (Å²) in [6.45, 7) is 4.36. The van der Waals surface area contributed by atoms with Crippen molar-refractivity contribution >= 4 is 29.9 Å². The van der Waals surface area contributed by atoms with Gasteiger partial charge in [-0.1, -0.05) is 30.7 Å². The molecule has 0 bridgehead atoms. The summed E-state index contributed by atoms with van der Waals surface area (Å²) >= 11 is 6.13. The van der Waals surface area contributed by atoms with Crippen LogP contribution in [0.5, 0.6) is 5.75 Å². The standard InChI is InChI=1S/C19H25ClN4O2.ClH/c1-2-15(26-18-8-4-3-7-16(18)20)13-22-19(25)17-9-11-24(23-17)14-6-5-10-21-12-14;/h3-4,7-9,11,14-15,21H,2,5-6,10,12-13H2,1H3,(H,22,25);1H. The van der Waals surface area contributed by atoms with Crippen molar-refractivity contribution in [3.8, 4) is 5.75 Å². The van der Waals surface area contributed by atoms with Gasteiger partial charge in [0.2, 0.25) is 0 Å². The minimum atomic E-state index is -0.186. The van der Waals surface area contributed by atoms with Crippen molar-refractivity contribution in [3.63, 3.8) is 0 Å². The summed E-state index contributed by atoms with van der Waals surface area (Å²) in [5.74, 6) is 0.443. The molecule has 2 aromatic rings. The van der Waals surface area contributed by atoms with E-state index in [0.29, 0.717) is 29.1 Å². The number of amides is 1. The third-order valence-corrected chi connectivity index (χ3v) is 4.87. The maximum atomic E-state index is 12.4. The fraction of sp³-hybridized carbons (Fsp3) is 0.474. The van der Waals surface area contributed by atoms with E-state index in [1.165, 1.54) is 0 Å². The van der Waals surface area contributed by atoms with E-state index in [1.54, 1.807) is 12.1 Å². The number of rotatable bonds is 7. The lowest BCUT2D eigenvalue weighted by Gasteiger charge is -2.22. The van der Waals surface area contributed by atoms with E-state index in [0.717, 1.165) is 32.4 Å². The van der Waals surface area contributed by atoms with Crippen molar-refractivity contribution in [1.29, 1.82) is 0 Å². The molecular weight excluding hydrogens is 387 g/mol. The minimum absolute atomic E-state index is 0. The number of piperidine rings is 1. The molecule has 0 saturated carbocycles. The molecule has 1 amide bonds. The fourth-order valence-corrected chi connectivity index (χ4v) is 3.19.